The fourth-order valence-electron chi connectivity index (χ4n) is 2.91. The van der Waals surface area contributed by atoms with Crippen molar-refractivity contribution in [2.45, 2.75) is 6.92 Å². The van der Waals surface area contributed by atoms with Crippen LogP contribution in [0.25, 0.3) is 5.52 Å². The number of anilines is 1. The van der Waals surface area contributed by atoms with Crippen LogP contribution >= 0.6 is 0 Å². The zero-order valence-corrected chi connectivity index (χ0v) is 15.5. The van der Waals surface area contributed by atoms with Gasteiger partial charge in [0.15, 0.2) is 0 Å². The van der Waals surface area contributed by atoms with Crippen molar-refractivity contribution in [3.63, 3.8) is 0 Å². The van der Waals surface area contributed by atoms with Gasteiger partial charge in [-0.05, 0) is 43.3 Å². The highest BCUT2D eigenvalue weighted by Crippen LogP contribution is 2.32. The van der Waals surface area contributed by atoms with E-state index < -0.39 is 0 Å². The minimum absolute atomic E-state index is 0.231. The number of methoxy groups -OCH3 is 1. The molecule has 0 fully saturated rings. The van der Waals surface area contributed by atoms with Gasteiger partial charge in [0, 0.05) is 12.3 Å². The Labute approximate surface area is 162 Å². The number of hydrogen-bond acceptors (Lipinski definition) is 4. The van der Waals surface area contributed by atoms with Gasteiger partial charge in [-0.1, -0.05) is 18.2 Å². The molecule has 0 saturated heterocycles. The Kier molecular flexibility index (Phi) is 4.68. The lowest BCUT2D eigenvalue weighted by Crippen LogP contribution is -2.13. The molecule has 4 aromatic rings. The lowest BCUT2D eigenvalue weighted by atomic mass is 10.2. The van der Waals surface area contributed by atoms with Gasteiger partial charge in [-0.3, -0.25) is 4.79 Å². The highest BCUT2D eigenvalue weighted by atomic mass is 16.5. The molecule has 0 saturated carbocycles. The third-order valence-corrected chi connectivity index (χ3v) is 4.37. The van der Waals surface area contributed by atoms with E-state index in [-0.39, 0.29) is 5.91 Å². The fraction of sp³-hybridized carbons (Fsp3) is 0.0909. The lowest BCUT2D eigenvalue weighted by molar-refractivity contribution is 0.102. The number of fused-ring (bicyclic) bond motifs is 1. The number of carbonyl (C=O) groups is 1. The Bertz CT molecular complexity index is 1140. The van der Waals surface area contributed by atoms with E-state index in [0.717, 1.165) is 17.1 Å². The number of imidazole rings is 1. The molecular weight excluding hydrogens is 354 g/mol. The van der Waals surface area contributed by atoms with E-state index in [1.54, 1.807) is 43.8 Å². The number of rotatable bonds is 5. The van der Waals surface area contributed by atoms with Gasteiger partial charge in [0.1, 0.15) is 23.1 Å². The standard InChI is InChI=1S/C22H19N3O3/c1-15-23-13-17-9-8-16(14-25(15)17)22(26)24-20-11-10-19(12-21(20)27-2)28-18-6-4-3-5-7-18/h3-14H,1-2H3,(H,24,26). The Morgan fingerprint density at radius 3 is 2.64 bits per heavy atom. The summed E-state index contributed by atoms with van der Waals surface area (Å²) in [6, 6.07) is 18.4. The first-order valence-electron chi connectivity index (χ1n) is 8.80. The van der Waals surface area contributed by atoms with Gasteiger partial charge in [0.2, 0.25) is 0 Å². The van der Waals surface area contributed by atoms with Crippen molar-refractivity contribution in [3.8, 4) is 17.2 Å². The van der Waals surface area contributed by atoms with Crippen LogP contribution in [0, 0.1) is 6.92 Å². The topological polar surface area (TPSA) is 64.9 Å². The highest BCUT2D eigenvalue weighted by molar-refractivity contribution is 6.05. The minimum atomic E-state index is -0.231. The predicted molar refractivity (Wildman–Crippen MR) is 107 cm³/mol. The molecular formula is C22H19N3O3. The maximum atomic E-state index is 12.7. The van der Waals surface area contributed by atoms with E-state index in [1.807, 2.05) is 47.7 Å². The van der Waals surface area contributed by atoms with Crippen molar-refractivity contribution in [2.75, 3.05) is 12.4 Å². The molecule has 0 radical (unpaired) electrons. The van der Waals surface area contributed by atoms with Crippen molar-refractivity contribution >= 4 is 17.1 Å². The normalized spacial score (nSPS) is 10.6. The van der Waals surface area contributed by atoms with Crippen molar-refractivity contribution in [2.24, 2.45) is 0 Å². The molecule has 4 rings (SSSR count). The van der Waals surface area contributed by atoms with Gasteiger partial charge in [-0.2, -0.15) is 0 Å². The van der Waals surface area contributed by atoms with Crippen LogP contribution in [0.3, 0.4) is 0 Å². The maximum Gasteiger partial charge on any atom is 0.257 e. The lowest BCUT2D eigenvalue weighted by Gasteiger charge is -2.13. The summed E-state index contributed by atoms with van der Waals surface area (Å²) in [5.74, 6) is 2.46. The van der Waals surface area contributed by atoms with Gasteiger partial charge in [0.05, 0.1) is 30.1 Å². The van der Waals surface area contributed by atoms with Crippen LogP contribution in [0.5, 0.6) is 17.2 Å². The Balaban J connectivity index is 1.56. The summed E-state index contributed by atoms with van der Waals surface area (Å²) in [5, 5.41) is 2.89. The second-order valence-electron chi connectivity index (χ2n) is 6.25. The van der Waals surface area contributed by atoms with Gasteiger partial charge in [0.25, 0.3) is 5.91 Å². The molecule has 0 spiro atoms. The van der Waals surface area contributed by atoms with E-state index >= 15 is 0 Å². The number of aromatic nitrogens is 2. The van der Waals surface area contributed by atoms with Crippen LogP contribution in [-0.4, -0.2) is 22.4 Å². The maximum absolute atomic E-state index is 12.7. The molecule has 1 N–H and O–H groups in total. The average molecular weight is 373 g/mol. The van der Waals surface area contributed by atoms with Crippen LogP contribution in [0.2, 0.25) is 0 Å². The summed E-state index contributed by atoms with van der Waals surface area (Å²) in [7, 11) is 1.55. The monoisotopic (exact) mass is 373 g/mol. The van der Waals surface area contributed by atoms with Gasteiger partial charge < -0.3 is 19.2 Å². The van der Waals surface area contributed by atoms with Crippen LogP contribution in [0.15, 0.2) is 73.1 Å². The summed E-state index contributed by atoms with van der Waals surface area (Å²) in [5.41, 5.74) is 2.03. The number of nitrogens with one attached hydrogen (secondary N) is 1. The van der Waals surface area contributed by atoms with Crippen molar-refractivity contribution in [3.05, 3.63) is 84.4 Å². The van der Waals surface area contributed by atoms with Crippen LogP contribution in [0.1, 0.15) is 16.2 Å². The zero-order valence-electron chi connectivity index (χ0n) is 15.5. The van der Waals surface area contributed by atoms with E-state index in [0.29, 0.717) is 22.7 Å². The van der Waals surface area contributed by atoms with E-state index in [9.17, 15) is 4.79 Å². The highest BCUT2D eigenvalue weighted by Gasteiger charge is 2.12. The zero-order chi connectivity index (χ0) is 19.5. The molecule has 0 unspecified atom stereocenters. The Morgan fingerprint density at radius 2 is 1.86 bits per heavy atom. The Morgan fingerprint density at radius 1 is 1.04 bits per heavy atom. The SMILES string of the molecule is COc1cc(Oc2ccccc2)ccc1NC(=O)c1ccc2cnc(C)n2c1. The van der Waals surface area contributed by atoms with E-state index in [1.165, 1.54) is 0 Å². The molecule has 2 heterocycles. The van der Waals surface area contributed by atoms with E-state index in [2.05, 4.69) is 10.3 Å². The largest absolute Gasteiger partial charge is 0.494 e. The van der Waals surface area contributed by atoms with E-state index in [4.69, 9.17) is 9.47 Å². The molecule has 0 bridgehead atoms. The molecule has 2 aromatic carbocycles. The summed E-state index contributed by atoms with van der Waals surface area (Å²) in [6.07, 6.45) is 3.54. The molecule has 6 heteroatoms. The third-order valence-electron chi connectivity index (χ3n) is 4.37. The summed E-state index contributed by atoms with van der Waals surface area (Å²) < 4.78 is 13.1. The molecule has 0 aliphatic heterocycles. The average Bonchev–Trinajstić information content (AvgIpc) is 3.10. The van der Waals surface area contributed by atoms with Crippen molar-refractivity contribution in [1.82, 2.24) is 9.38 Å². The van der Waals surface area contributed by atoms with Crippen molar-refractivity contribution in [1.29, 1.82) is 0 Å². The number of benzene rings is 2. The summed E-state index contributed by atoms with van der Waals surface area (Å²) in [6.45, 7) is 1.89. The number of para-hydroxylation sites is 1. The quantitative estimate of drug-likeness (QED) is 0.551. The molecule has 140 valence electrons. The summed E-state index contributed by atoms with van der Waals surface area (Å²) in [4.78, 5) is 17.0. The number of aryl methyl sites for hydroxylation is 1. The molecule has 0 aliphatic carbocycles. The molecule has 0 aliphatic rings. The molecule has 0 atom stereocenters. The molecule has 2 aromatic heterocycles. The molecule has 1 amide bonds. The second kappa shape index (κ2) is 7.44. The number of carbonyl (C=O) groups excluding carboxylic acids is 1. The second-order valence-corrected chi connectivity index (χ2v) is 6.25. The Hall–Kier alpha value is -3.80. The molecule has 28 heavy (non-hydrogen) atoms. The van der Waals surface area contributed by atoms with Gasteiger partial charge in [-0.25, -0.2) is 4.98 Å². The first-order valence-corrected chi connectivity index (χ1v) is 8.80. The van der Waals surface area contributed by atoms with Crippen LogP contribution in [-0.2, 0) is 0 Å². The van der Waals surface area contributed by atoms with Crippen molar-refractivity contribution < 1.29 is 14.3 Å². The smallest absolute Gasteiger partial charge is 0.257 e. The fourth-order valence-corrected chi connectivity index (χ4v) is 2.91. The van der Waals surface area contributed by atoms with Gasteiger partial charge >= 0.3 is 0 Å². The van der Waals surface area contributed by atoms with Gasteiger partial charge in [-0.15, -0.1) is 0 Å². The number of ether oxygens (including phenoxy) is 2. The summed E-state index contributed by atoms with van der Waals surface area (Å²) >= 11 is 0. The number of amides is 1. The predicted octanol–water partition coefficient (Wildman–Crippen LogP) is 4.70. The first-order chi connectivity index (χ1) is 13.6. The number of pyridine rings is 1. The third kappa shape index (κ3) is 3.53. The number of hydrogen-bond donors (Lipinski definition) is 1. The number of nitrogens with zero attached hydrogens (tertiary/aromatic N) is 2. The first kappa shape index (κ1) is 17.6. The van der Waals surface area contributed by atoms with Crippen LogP contribution in [0.4, 0.5) is 5.69 Å². The van der Waals surface area contributed by atoms with Crippen LogP contribution < -0.4 is 14.8 Å². The molecule has 6 nitrogen and oxygen atoms in total. The minimum Gasteiger partial charge on any atom is -0.494 e.